The first kappa shape index (κ1) is 13.2. The molecular formula is C13H18N2O2S. The number of benzene rings is 1. The molecule has 0 saturated carbocycles. The standard InChI is InChI=1S/C13H18N2O2S/c1-15(11-5-3-4-6-12(11)17-2)13(16)10-9-18-8-7-14-10/h3-6,10,14H,7-9H2,1-2H3. The SMILES string of the molecule is COc1ccccc1N(C)C(=O)C1CSCCN1. The molecule has 1 saturated heterocycles. The molecule has 1 unspecified atom stereocenters. The van der Waals surface area contributed by atoms with Crippen molar-refractivity contribution in [3.05, 3.63) is 24.3 Å². The van der Waals surface area contributed by atoms with Crippen LogP contribution in [-0.2, 0) is 4.79 Å². The van der Waals surface area contributed by atoms with Crippen molar-refractivity contribution in [1.29, 1.82) is 0 Å². The number of thioether (sulfide) groups is 1. The Kier molecular flexibility index (Phi) is 4.49. The third-order valence-electron chi connectivity index (χ3n) is 3.00. The number of anilines is 1. The predicted molar refractivity (Wildman–Crippen MR) is 75.5 cm³/mol. The molecule has 5 heteroatoms. The number of ether oxygens (including phenoxy) is 1. The van der Waals surface area contributed by atoms with Crippen LogP contribution in [0.25, 0.3) is 0 Å². The molecule has 1 N–H and O–H groups in total. The molecule has 18 heavy (non-hydrogen) atoms. The second kappa shape index (κ2) is 6.11. The maximum Gasteiger partial charge on any atom is 0.244 e. The summed E-state index contributed by atoms with van der Waals surface area (Å²) in [6.07, 6.45) is 0. The lowest BCUT2D eigenvalue weighted by atomic mass is 10.2. The zero-order valence-electron chi connectivity index (χ0n) is 10.7. The lowest BCUT2D eigenvalue weighted by molar-refractivity contribution is -0.119. The van der Waals surface area contributed by atoms with Crippen LogP contribution >= 0.6 is 11.8 Å². The minimum atomic E-state index is -0.0985. The van der Waals surface area contributed by atoms with E-state index in [1.54, 1.807) is 19.1 Å². The Morgan fingerprint density at radius 3 is 2.94 bits per heavy atom. The van der Waals surface area contributed by atoms with Crippen molar-refractivity contribution in [3.8, 4) is 5.75 Å². The van der Waals surface area contributed by atoms with Crippen molar-refractivity contribution in [2.24, 2.45) is 0 Å². The molecule has 0 aromatic heterocycles. The first-order valence-corrected chi connectivity index (χ1v) is 7.11. The molecule has 0 spiro atoms. The third-order valence-corrected chi connectivity index (χ3v) is 4.06. The summed E-state index contributed by atoms with van der Waals surface area (Å²) in [7, 11) is 3.41. The normalized spacial score (nSPS) is 19.3. The summed E-state index contributed by atoms with van der Waals surface area (Å²) < 4.78 is 5.28. The molecule has 4 nitrogen and oxygen atoms in total. The topological polar surface area (TPSA) is 41.6 Å². The van der Waals surface area contributed by atoms with E-state index in [0.29, 0.717) is 0 Å². The summed E-state index contributed by atoms with van der Waals surface area (Å²) in [6, 6.07) is 7.47. The highest BCUT2D eigenvalue weighted by Gasteiger charge is 2.25. The number of hydrogen-bond acceptors (Lipinski definition) is 4. The number of para-hydroxylation sites is 2. The van der Waals surface area contributed by atoms with E-state index in [-0.39, 0.29) is 11.9 Å². The monoisotopic (exact) mass is 266 g/mol. The summed E-state index contributed by atoms with van der Waals surface area (Å²) in [6.45, 7) is 0.890. The summed E-state index contributed by atoms with van der Waals surface area (Å²) >= 11 is 1.81. The quantitative estimate of drug-likeness (QED) is 0.897. The highest BCUT2D eigenvalue weighted by molar-refractivity contribution is 7.99. The number of hydrogen-bond donors (Lipinski definition) is 1. The average molecular weight is 266 g/mol. The largest absolute Gasteiger partial charge is 0.495 e. The van der Waals surface area contributed by atoms with Gasteiger partial charge < -0.3 is 15.0 Å². The second-order valence-electron chi connectivity index (χ2n) is 4.15. The third kappa shape index (κ3) is 2.79. The zero-order valence-corrected chi connectivity index (χ0v) is 11.5. The second-order valence-corrected chi connectivity index (χ2v) is 5.30. The Morgan fingerprint density at radius 1 is 1.50 bits per heavy atom. The molecular weight excluding hydrogens is 248 g/mol. The minimum absolute atomic E-state index is 0.0895. The molecule has 0 bridgehead atoms. The minimum Gasteiger partial charge on any atom is -0.495 e. The summed E-state index contributed by atoms with van der Waals surface area (Å²) in [5, 5.41) is 3.25. The van der Waals surface area contributed by atoms with E-state index < -0.39 is 0 Å². The fourth-order valence-corrected chi connectivity index (χ4v) is 2.91. The van der Waals surface area contributed by atoms with Gasteiger partial charge in [-0.25, -0.2) is 0 Å². The van der Waals surface area contributed by atoms with E-state index in [2.05, 4.69) is 5.32 Å². The molecule has 1 amide bonds. The number of carbonyl (C=O) groups excluding carboxylic acids is 1. The number of methoxy groups -OCH3 is 1. The molecule has 0 aliphatic carbocycles. The van der Waals surface area contributed by atoms with E-state index in [4.69, 9.17) is 4.74 Å². The van der Waals surface area contributed by atoms with Crippen LogP contribution in [0.15, 0.2) is 24.3 Å². The van der Waals surface area contributed by atoms with E-state index in [9.17, 15) is 4.79 Å². The molecule has 1 aliphatic rings. The lowest BCUT2D eigenvalue weighted by Crippen LogP contribution is -2.49. The summed E-state index contributed by atoms with van der Waals surface area (Å²) in [5.41, 5.74) is 0.808. The Bertz CT molecular complexity index is 419. The Labute approximate surface area is 112 Å². The molecule has 98 valence electrons. The molecule has 1 fully saturated rings. The van der Waals surface area contributed by atoms with E-state index in [0.717, 1.165) is 29.5 Å². The summed E-state index contributed by atoms with van der Waals surface area (Å²) in [4.78, 5) is 14.0. The molecule has 1 heterocycles. The van der Waals surface area contributed by atoms with Gasteiger partial charge in [-0.1, -0.05) is 12.1 Å². The van der Waals surface area contributed by atoms with Crippen LogP contribution in [-0.4, -0.2) is 44.2 Å². The lowest BCUT2D eigenvalue weighted by Gasteiger charge is -2.28. The van der Waals surface area contributed by atoms with Crippen molar-refractivity contribution in [2.45, 2.75) is 6.04 Å². The van der Waals surface area contributed by atoms with Crippen LogP contribution in [0, 0.1) is 0 Å². The zero-order chi connectivity index (χ0) is 13.0. The van der Waals surface area contributed by atoms with Crippen molar-refractivity contribution in [1.82, 2.24) is 5.32 Å². The van der Waals surface area contributed by atoms with Gasteiger partial charge in [-0.15, -0.1) is 0 Å². The van der Waals surface area contributed by atoms with Gasteiger partial charge in [0, 0.05) is 25.1 Å². The molecule has 0 radical (unpaired) electrons. The van der Waals surface area contributed by atoms with Crippen LogP contribution in [0.4, 0.5) is 5.69 Å². The first-order valence-electron chi connectivity index (χ1n) is 5.95. The Hall–Kier alpha value is -1.20. The van der Waals surface area contributed by atoms with Crippen LogP contribution < -0.4 is 15.0 Å². The van der Waals surface area contributed by atoms with Gasteiger partial charge in [-0.05, 0) is 12.1 Å². The van der Waals surface area contributed by atoms with Crippen LogP contribution in [0.2, 0.25) is 0 Å². The van der Waals surface area contributed by atoms with Crippen molar-refractivity contribution in [3.63, 3.8) is 0 Å². The van der Waals surface area contributed by atoms with Gasteiger partial charge in [0.05, 0.1) is 18.8 Å². The number of likely N-dealkylation sites (N-methyl/N-ethyl adjacent to an activating group) is 1. The van der Waals surface area contributed by atoms with Crippen molar-refractivity contribution in [2.75, 3.05) is 37.1 Å². The van der Waals surface area contributed by atoms with Gasteiger partial charge in [0.1, 0.15) is 5.75 Å². The first-order chi connectivity index (χ1) is 8.74. The van der Waals surface area contributed by atoms with Crippen LogP contribution in [0.3, 0.4) is 0 Å². The van der Waals surface area contributed by atoms with E-state index >= 15 is 0 Å². The number of rotatable bonds is 3. The van der Waals surface area contributed by atoms with Gasteiger partial charge in [-0.3, -0.25) is 4.79 Å². The van der Waals surface area contributed by atoms with Gasteiger partial charge >= 0.3 is 0 Å². The predicted octanol–water partition coefficient (Wildman–Crippen LogP) is 1.36. The molecule has 1 atom stereocenters. The maximum atomic E-state index is 12.4. The van der Waals surface area contributed by atoms with Gasteiger partial charge in [0.15, 0.2) is 0 Å². The Balaban J connectivity index is 2.14. The number of carbonyl (C=O) groups is 1. The van der Waals surface area contributed by atoms with Gasteiger partial charge in [0.25, 0.3) is 0 Å². The Morgan fingerprint density at radius 2 is 2.28 bits per heavy atom. The fraction of sp³-hybridized carbons (Fsp3) is 0.462. The van der Waals surface area contributed by atoms with E-state index in [1.165, 1.54) is 0 Å². The highest BCUT2D eigenvalue weighted by Crippen LogP contribution is 2.27. The smallest absolute Gasteiger partial charge is 0.244 e. The average Bonchev–Trinajstić information content (AvgIpc) is 2.46. The fourth-order valence-electron chi connectivity index (χ4n) is 1.98. The maximum absolute atomic E-state index is 12.4. The number of amides is 1. The number of nitrogens with zero attached hydrogens (tertiary/aromatic N) is 1. The molecule has 1 aromatic carbocycles. The van der Waals surface area contributed by atoms with Gasteiger partial charge in [0.2, 0.25) is 5.91 Å². The number of nitrogens with one attached hydrogen (secondary N) is 1. The van der Waals surface area contributed by atoms with E-state index in [1.807, 2.05) is 36.0 Å². The van der Waals surface area contributed by atoms with Crippen molar-refractivity contribution < 1.29 is 9.53 Å². The van der Waals surface area contributed by atoms with Gasteiger partial charge in [-0.2, -0.15) is 11.8 Å². The van der Waals surface area contributed by atoms with Crippen LogP contribution in [0.1, 0.15) is 0 Å². The van der Waals surface area contributed by atoms with Crippen molar-refractivity contribution >= 4 is 23.4 Å². The molecule has 1 aliphatic heterocycles. The molecule has 2 rings (SSSR count). The summed E-state index contributed by atoms with van der Waals surface area (Å²) in [5.74, 6) is 2.71. The van der Waals surface area contributed by atoms with Crippen LogP contribution in [0.5, 0.6) is 5.75 Å². The highest BCUT2D eigenvalue weighted by atomic mass is 32.2. The molecule has 1 aromatic rings.